The Hall–Kier alpha value is -2.63. The van der Waals surface area contributed by atoms with Crippen LogP contribution in [0.15, 0.2) is 54.7 Å². The summed E-state index contributed by atoms with van der Waals surface area (Å²) >= 11 is 1.77. The predicted octanol–water partition coefficient (Wildman–Crippen LogP) is 5.33. The maximum absolute atomic E-state index is 4.87. The molecule has 0 N–H and O–H groups in total. The SMILES string of the molecule is Cc1ccc2nc(-n3cccc3CN3CCN(c4cccc(C)c4C)CC3)sc2c1. The lowest BCUT2D eigenvalue weighted by molar-refractivity contribution is 0.246. The van der Waals surface area contributed by atoms with Crippen molar-refractivity contribution < 1.29 is 0 Å². The number of piperazine rings is 1. The first kappa shape index (κ1) is 19.3. The average molecular weight is 417 g/mol. The van der Waals surface area contributed by atoms with Crippen molar-refractivity contribution in [3.05, 3.63) is 77.1 Å². The van der Waals surface area contributed by atoms with Gasteiger partial charge in [-0.05, 0) is 67.8 Å². The zero-order chi connectivity index (χ0) is 20.7. The number of anilines is 1. The third-order valence-corrected chi connectivity index (χ3v) is 7.26. The van der Waals surface area contributed by atoms with E-state index in [0.717, 1.165) is 43.4 Å². The second kappa shape index (κ2) is 7.89. The van der Waals surface area contributed by atoms with Crippen molar-refractivity contribution in [2.24, 2.45) is 0 Å². The Morgan fingerprint density at radius 3 is 2.60 bits per heavy atom. The fraction of sp³-hybridized carbons (Fsp3) is 0.320. The minimum atomic E-state index is 0.961. The van der Waals surface area contributed by atoms with Crippen LogP contribution in [0.3, 0.4) is 0 Å². The molecule has 0 atom stereocenters. The molecule has 4 aromatic rings. The van der Waals surface area contributed by atoms with E-state index >= 15 is 0 Å². The Kier molecular flexibility index (Phi) is 5.09. The number of aryl methyl sites for hydroxylation is 2. The van der Waals surface area contributed by atoms with Crippen LogP contribution in [0.4, 0.5) is 5.69 Å². The third kappa shape index (κ3) is 3.64. The van der Waals surface area contributed by atoms with Crippen LogP contribution in [0, 0.1) is 20.8 Å². The number of nitrogens with zero attached hydrogens (tertiary/aromatic N) is 4. The molecule has 0 bridgehead atoms. The van der Waals surface area contributed by atoms with Crippen molar-refractivity contribution in [3.63, 3.8) is 0 Å². The molecule has 5 heteroatoms. The highest BCUT2D eigenvalue weighted by Crippen LogP contribution is 2.28. The minimum absolute atomic E-state index is 0.961. The molecule has 2 aromatic carbocycles. The number of thiazole rings is 1. The fourth-order valence-corrected chi connectivity index (χ4v) is 5.39. The molecule has 0 amide bonds. The Morgan fingerprint density at radius 1 is 0.933 bits per heavy atom. The van der Waals surface area contributed by atoms with E-state index in [1.54, 1.807) is 11.3 Å². The Balaban J connectivity index is 1.30. The van der Waals surface area contributed by atoms with Crippen molar-refractivity contribution in [1.82, 2.24) is 14.5 Å². The molecule has 1 aliphatic heterocycles. The van der Waals surface area contributed by atoms with E-state index < -0.39 is 0 Å². The number of fused-ring (bicyclic) bond motifs is 1. The van der Waals surface area contributed by atoms with Gasteiger partial charge in [0.2, 0.25) is 0 Å². The van der Waals surface area contributed by atoms with Gasteiger partial charge in [0.1, 0.15) is 0 Å². The van der Waals surface area contributed by atoms with Gasteiger partial charge in [0, 0.05) is 50.3 Å². The first-order valence-electron chi connectivity index (χ1n) is 10.7. The van der Waals surface area contributed by atoms with Crippen LogP contribution >= 0.6 is 11.3 Å². The summed E-state index contributed by atoms with van der Waals surface area (Å²) in [4.78, 5) is 9.97. The molecule has 0 radical (unpaired) electrons. The molecule has 30 heavy (non-hydrogen) atoms. The summed E-state index contributed by atoms with van der Waals surface area (Å²) in [7, 11) is 0. The number of benzene rings is 2. The zero-order valence-electron chi connectivity index (χ0n) is 17.9. The molecule has 1 fully saturated rings. The lowest BCUT2D eigenvalue weighted by Gasteiger charge is -2.37. The monoisotopic (exact) mass is 416 g/mol. The third-order valence-electron chi connectivity index (χ3n) is 6.25. The quantitative estimate of drug-likeness (QED) is 0.449. The highest BCUT2D eigenvalue weighted by Gasteiger charge is 2.20. The van der Waals surface area contributed by atoms with E-state index in [4.69, 9.17) is 4.98 Å². The van der Waals surface area contributed by atoms with Gasteiger partial charge < -0.3 is 4.90 Å². The molecule has 1 aliphatic rings. The number of hydrogen-bond acceptors (Lipinski definition) is 4. The summed E-state index contributed by atoms with van der Waals surface area (Å²) in [5, 5.41) is 1.06. The van der Waals surface area contributed by atoms with E-state index in [1.807, 2.05) is 0 Å². The molecule has 4 nitrogen and oxygen atoms in total. The van der Waals surface area contributed by atoms with Gasteiger partial charge >= 0.3 is 0 Å². The molecule has 5 rings (SSSR count). The minimum Gasteiger partial charge on any atom is -0.369 e. The lowest BCUT2D eigenvalue weighted by atomic mass is 10.1. The summed E-state index contributed by atoms with van der Waals surface area (Å²) in [6.45, 7) is 11.8. The van der Waals surface area contributed by atoms with Crippen molar-refractivity contribution in [2.45, 2.75) is 27.3 Å². The van der Waals surface area contributed by atoms with Crippen LogP contribution in [-0.2, 0) is 6.54 Å². The van der Waals surface area contributed by atoms with Crippen LogP contribution in [-0.4, -0.2) is 40.6 Å². The second-order valence-electron chi connectivity index (χ2n) is 8.32. The Morgan fingerprint density at radius 2 is 1.77 bits per heavy atom. The van der Waals surface area contributed by atoms with Gasteiger partial charge in [-0.15, -0.1) is 0 Å². The maximum Gasteiger partial charge on any atom is 0.194 e. The van der Waals surface area contributed by atoms with E-state index in [-0.39, 0.29) is 0 Å². The van der Waals surface area contributed by atoms with Gasteiger partial charge in [-0.3, -0.25) is 9.47 Å². The molecular weight excluding hydrogens is 388 g/mol. The first-order valence-corrected chi connectivity index (χ1v) is 11.5. The van der Waals surface area contributed by atoms with Crippen molar-refractivity contribution in [1.29, 1.82) is 0 Å². The van der Waals surface area contributed by atoms with Crippen molar-refractivity contribution >= 4 is 27.2 Å². The summed E-state index contributed by atoms with van der Waals surface area (Å²) in [5.74, 6) is 0. The van der Waals surface area contributed by atoms with Crippen LogP contribution in [0.2, 0.25) is 0 Å². The van der Waals surface area contributed by atoms with Crippen LogP contribution in [0.5, 0.6) is 0 Å². The van der Waals surface area contributed by atoms with Gasteiger partial charge in [-0.25, -0.2) is 4.98 Å². The van der Waals surface area contributed by atoms with Gasteiger partial charge in [-0.1, -0.05) is 29.5 Å². The summed E-state index contributed by atoms with van der Waals surface area (Å²) in [5.41, 5.74) is 7.85. The van der Waals surface area contributed by atoms with Crippen LogP contribution < -0.4 is 4.90 Å². The smallest absolute Gasteiger partial charge is 0.194 e. The molecule has 0 unspecified atom stereocenters. The topological polar surface area (TPSA) is 24.3 Å². The van der Waals surface area contributed by atoms with E-state index in [9.17, 15) is 0 Å². The first-order chi connectivity index (χ1) is 14.6. The number of hydrogen-bond donors (Lipinski definition) is 0. The summed E-state index contributed by atoms with van der Waals surface area (Å²) in [6.07, 6.45) is 2.15. The predicted molar refractivity (Wildman–Crippen MR) is 127 cm³/mol. The normalized spacial score (nSPS) is 15.2. The molecule has 2 aromatic heterocycles. The molecule has 154 valence electrons. The van der Waals surface area contributed by atoms with Crippen molar-refractivity contribution in [2.75, 3.05) is 31.1 Å². The second-order valence-corrected chi connectivity index (χ2v) is 9.33. The molecule has 1 saturated heterocycles. The van der Waals surface area contributed by atoms with E-state index in [2.05, 4.69) is 89.9 Å². The molecule has 0 saturated carbocycles. The molecule has 0 spiro atoms. The number of rotatable bonds is 4. The number of aromatic nitrogens is 2. The van der Waals surface area contributed by atoms with Gasteiger partial charge in [-0.2, -0.15) is 0 Å². The standard InChI is InChI=1S/C25H28N4S/c1-18-9-10-22-24(16-18)30-25(26-22)29-11-5-7-21(29)17-27-12-14-28(15-13-27)23-8-4-6-19(2)20(23)3/h4-11,16H,12-15,17H2,1-3H3. The van der Waals surface area contributed by atoms with Gasteiger partial charge in [0.05, 0.1) is 10.2 Å². The average Bonchev–Trinajstić information content (AvgIpc) is 3.37. The maximum atomic E-state index is 4.87. The summed E-state index contributed by atoms with van der Waals surface area (Å²) < 4.78 is 3.52. The van der Waals surface area contributed by atoms with Crippen molar-refractivity contribution in [3.8, 4) is 5.13 Å². The molecular formula is C25H28N4S. The highest BCUT2D eigenvalue weighted by atomic mass is 32.1. The van der Waals surface area contributed by atoms with Gasteiger partial charge in [0.25, 0.3) is 0 Å². The summed E-state index contributed by atoms with van der Waals surface area (Å²) in [6, 6.07) is 17.5. The van der Waals surface area contributed by atoms with Crippen LogP contribution in [0.1, 0.15) is 22.4 Å². The molecule has 3 heterocycles. The van der Waals surface area contributed by atoms with E-state index in [1.165, 1.54) is 32.8 Å². The zero-order valence-corrected chi connectivity index (χ0v) is 18.7. The molecule has 0 aliphatic carbocycles. The van der Waals surface area contributed by atoms with E-state index in [0.29, 0.717) is 0 Å². The van der Waals surface area contributed by atoms with Gasteiger partial charge in [0.15, 0.2) is 5.13 Å². The lowest BCUT2D eigenvalue weighted by Crippen LogP contribution is -2.46. The highest BCUT2D eigenvalue weighted by molar-refractivity contribution is 7.20. The Bertz CT molecular complexity index is 1180. The van der Waals surface area contributed by atoms with Crippen LogP contribution in [0.25, 0.3) is 15.3 Å². The largest absolute Gasteiger partial charge is 0.369 e. The Labute approximate surface area is 182 Å². The fourth-order valence-electron chi connectivity index (χ4n) is 4.31.